The molecule has 35 heavy (non-hydrogen) atoms. The number of hydrogen-bond donors (Lipinski definition) is 2. The van der Waals surface area contributed by atoms with E-state index in [1.165, 1.54) is 0 Å². The predicted molar refractivity (Wildman–Crippen MR) is 134 cm³/mol. The summed E-state index contributed by atoms with van der Waals surface area (Å²) in [5, 5.41) is 19.9. The molecule has 9 heteroatoms. The maximum Gasteiger partial charge on any atom is 0.318 e. The molecule has 8 nitrogen and oxygen atoms in total. The molecule has 2 aromatic carbocycles. The van der Waals surface area contributed by atoms with Crippen LogP contribution in [-0.2, 0) is 21.6 Å². The van der Waals surface area contributed by atoms with Gasteiger partial charge in [-0.15, -0.1) is 12.4 Å². The molecule has 0 bridgehead atoms. The number of carboxylic acid groups (broad SMARTS) is 2. The van der Waals surface area contributed by atoms with Crippen molar-refractivity contribution in [3.8, 4) is 17.2 Å². The van der Waals surface area contributed by atoms with Gasteiger partial charge in [0.15, 0.2) is 5.92 Å². The number of carbonyl (C=O) groups is 2. The van der Waals surface area contributed by atoms with Gasteiger partial charge in [-0.3, -0.25) is 14.6 Å². The first-order chi connectivity index (χ1) is 16.1. The molecule has 0 aliphatic carbocycles. The first kappa shape index (κ1) is 27.7. The Hall–Kier alpha value is -3.52. The molecule has 188 valence electrons. The van der Waals surface area contributed by atoms with Crippen molar-refractivity contribution in [2.24, 2.45) is 5.92 Å². The van der Waals surface area contributed by atoms with Crippen LogP contribution in [0.25, 0.3) is 10.9 Å². The number of aromatic nitrogens is 1. The Bertz CT molecular complexity index is 1200. The Morgan fingerprint density at radius 1 is 1.06 bits per heavy atom. The Labute approximate surface area is 210 Å². The number of fused-ring (bicyclic) bond motifs is 1. The normalized spacial score (nSPS) is 11.3. The van der Waals surface area contributed by atoms with Crippen LogP contribution in [0.15, 0.2) is 48.7 Å². The molecule has 0 aliphatic heterocycles. The molecule has 0 saturated carbocycles. The number of ether oxygens (including phenoxy) is 3. The van der Waals surface area contributed by atoms with Gasteiger partial charge in [0.1, 0.15) is 23.9 Å². The van der Waals surface area contributed by atoms with Crippen LogP contribution >= 0.6 is 12.4 Å². The van der Waals surface area contributed by atoms with Gasteiger partial charge in [-0.05, 0) is 38.1 Å². The minimum absolute atomic E-state index is 0. The second-order valence-corrected chi connectivity index (χ2v) is 8.78. The third kappa shape index (κ3) is 5.95. The number of para-hydroxylation sites is 1. The van der Waals surface area contributed by atoms with Crippen LogP contribution in [0.3, 0.4) is 0 Å². The minimum Gasteiger partial charge on any atom is -0.497 e. The first-order valence-electron chi connectivity index (χ1n) is 10.9. The number of benzene rings is 2. The number of pyridine rings is 1. The van der Waals surface area contributed by atoms with Crippen molar-refractivity contribution in [2.45, 2.75) is 45.8 Å². The van der Waals surface area contributed by atoms with Crippen LogP contribution in [0.2, 0.25) is 0 Å². The lowest BCUT2D eigenvalue weighted by molar-refractivity contribution is -0.157. The summed E-state index contributed by atoms with van der Waals surface area (Å²) in [7, 11) is 1.59. The summed E-state index contributed by atoms with van der Waals surface area (Å²) in [6, 6.07) is 12.4. The van der Waals surface area contributed by atoms with Gasteiger partial charge in [0.25, 0.3) is 0 Å². The highest BCUT2D eigenvalue weighted by Crippen LogP contribution is 2.39. The molecule has 0 amide bonds. The third-order valence-electron chi connectivity index (χ3n) is 5.63. The number of rotatable bonds is 10. The van der Waals surface area contributed by atoms with Crippen LogP contribution in [0.1, 0.15) is 38.8 Å². The van der Waals surface area contributed by atoms with Gasteiger partial charge in [0.2, 0.25) is 0 Å². The largest absolute Gasteiger partial charge is 0.497 e. The van der Waals surface area contributed by atoms with Crippen LogP contribution in [0.5, 0.6) is 17.2 Å². The number of aliphatic carboxylic acids is 2. The van der Waals surface area contributed by atoms with E-state index in [4.69, 9.17) is 14.2 Å². The molecule has 2 N–H and O–H groups in total. The van der Waals surface area contributed by atoms with Crippen molar-refractivity contribution in [1.29, 1.82) is 0 Å². The molecule has 0 fully saturated rings. The van der Waals surface area contributed by atoms with Gasteiger partial charge in [0.05, 0.1) is 24.3 Å². The first-order valence-corrected chi connectivity index (χ1v) is 10.9. The fourth-order valence-corrected chi connectivity index (χ4v) is 3.95. The summed E-state index contributed by atoms with van der Waals surface area (Å²) in [5.41, 5.74) is 0.676. The van der Waals surface area contributed by atoms with Crippen LogP contribution in [-0.4, -0.2) is 40.3 Å². The third-order valence-corrected chi connectivity index (χ3v) is 5.63. The maximum atomic E-state index is 11.7. The van der Waals surface area contributed by atoms with Crippen LogP contribution < -0.4 is 14.2 Å². The SMILES string of the molecule is COc1ccc2ncc(COc3ccccc3C(C)(C)C(C(=O)O)C(=O)O)c(OC(C)C)c2c1.Cl. The molecule has 3 aromatic rings. The van der Waals surface area contributed by atoms with Crippen molar-refractivity contribution in [3.05, 3.63) is 59.8 Å². The van der Waals surface area contributed by atoms with Crippen LogP contribution in [0, 0.1) is 5.92 Å². The number of hydrogen-bond acceptors (Lipinski definition) is 6. The number of nitrogens with zero attached hydrogens (tertiary/aromatic N) is 1. The number of halogens is 1. The van der Waals surface area contributed by atoms with Gasteiger partial charge < -0.3 is 24.4 Å². The van der Waals surface area contributed by atoms with E-state index in [9.17, 15) is 19.8 Å². The summed E-state index contributed by atoms with van der Waals surface area (Å²) in [4.78, 5) is 27.9. The van der Waals surface area contributed by atoms with Gasteiger partial charge in [-0.2, -0.15) is 0 Å². The molecule has 0 aliphatic rings. The fraction of sp³-hybridized carbons (Fsp3) is 0.346. The average Bonchev–Trinajstić information content (AvgIpc) is 2.77. The summed E-state index contributed by atoms with van der Waals surface area (Å²) in [5.74, 6) is -2.79. The maximum absolute atomic E-state index is 11.7. The summed E-state index contributed by atoms with van der Waals surface area (Å²) < 4.78 is 17.6. The highest BCUT2D eigenvalue weighted by Gasteiger charge is 2.43. The lowest BCUT2D eigenvalue weighted by atomic mass is 9.73. The topological polar surface area (TPSA) is 115 Å². The standard InChI is InChI=1S/C26H29NO7.ClH/c1-15(2)34-23-16(13-27-20-11-10-17(32-5)12-18(20)23)14-33-21-9-7-6-8-19(21)26(3,4)22(24(28)29)25(30)31;/h6-13,15,22H,14H2,1-5H3,(H,28,29)(H,30,31);1H. The van der Waals surface area contributed by atoms with Crippen molar-refractivity contribution in [3.63, 3.8) is 0 Å². The lowest BCUT2D eigenvalue weighted by Gasteiger charge is -2.31. The second kappa shape index (κ2) is 11.3. The molecule has 0 spiro atoms. The molecule has 0 atom stereocenters. The zero-order chi connectivity index (χ0) is 25.0. The Kier molecular flexibility index (Phi) is 8.93. The van der Waals surface area contributed by atoms with E-state index in [1.54, 1.807) is 51.4 Å². The molecule has 0 saturated heterocycles. The van der Waals surface area contributed by atoms with Gasteiger partial charge in [-0.1, -0.05) is 32.0 Å². The molecule has 0 radical (unpaired) electrons. The summed E-state index contributed by atoms with van der Waals surface area (Å²) >= 11 is 0. The zero-order valence-electron chi connectivity index (χ0n) is 20.3. The highest BCUT2D eigenvalue weighted by atomic mass is 35.5. The second-order valence-electron chi connectivity index (χ2n) is 8.78. The quantitative estimate of drug-likeness (QED) is 0.367. The number of methoxy groups -OCH3 is 1. The van der Waals surface area contributed by atoms with Crippen molar-refractivity contribution in [1.82, 2.24) is 4.98 Å². The van der Waals surface area contributed by atoms with Gasteiger partial charge >= 0.3 is 11.9 Å². The van der Waals surface area contributed by atoms with E-state index >= 15 is 0 Å². The van der Waals surface area contributed by atoms with Crippen molar-refractivity contribution >= 4 is 35.2 Å². The van der Waals surface area contributed by atoms with E-state index in [0.29, 0.717) is 28.4 Å². The van der Waals surface area contributed by atoms with Crippen molar-refractivity contribution < 1.29 is 34.0 Å². The molecular formula is C26H30ClNO7. The number of carboxylic acids is 2. The predicted octanol–water partition coefficient (Wildman–Crippen LogP) is 5.09. The van der Waals surface area contributed by atoms with Gasteiger partial charge in [0, 0.05) is 22.6 Å². The minimum atomic E-state index is -1.65. The molecule has 3 rings (SSSR count). The van der Waals surface area contributed by atoms with E-state index in [1.807, 2.05) is 32.0 Å². The molecule has 1 heterocycles. The Balaban J connectivity index is 0.00000432. The van der Waals surface area contributed by atoms with Gasteiger partial charge in [-0.25, -0.2) is 0 Å². The fourth-order valence-electron chi connectivity index (χ4n) is 3.95. The van der Waals surface area contributed by atoms with E-state index in [-0.39, 0.29) is 25.1 Å². The van der Waals surface area contributed by atoms with E-state index in [2.05, 4.69) is 4.98 Å². The average molecular weight is 504 g/mol. The van der Waals surface area contributed by atoms with Crippen LogP contribution in [0.4, 0.5) is 0 Å². The molecule has 0 unspecified atom stereocenters. The molecule has 1 aromatic heterocycles. The Morgan fingerprint density at radius 3 is 2.31 bits per heavy atom. The van der Waals surface area contributed by atoms with Crippen molar-refractivity contribution in [2.75, 3.05) is 7.11 Å². The summed E-state index contributed by atoms with van der Waals surface area (Å²) in [6.07, 6.45) is 1.58. The summed E-state index contributed by atoms with van der Waals surface area (Å²) in [6.45, 7) is 7.10. The highest BCUT2D eigenvalue weighted by molar-refractivity contribution is 5.95. The smallest absolute Gasteiger partial charge is 0.318 e. The van der Waals surface area contributed by atoms with E-state index in [0.717, 1.165) is 10.9 Å². The Morgan fingerprint density at radius 2 is 1.71 bits per heavy atom. The lowest BCUT2D eigenvalue weighted by Crippen LogP contribution is -2.40. The molecular weight excluding hydrogens is 474 g/mol. The van der Waals surface area contributed by atoms with E-state index < -0.39 is 23.3 Å². The zero-order valence-corrected chi connectivity index (χ0v) is 21.1. The monoisotopic (exact) mass is 503 g/mol.